The molecule has 0 fully saturated rings. The van der Waals surface area contributed by atoms with Crippen LogP contribution in [0.2, 0.25) is 0 Å². The number of alkyl halides is 2. The number of hydrogen-bond donors (Lipinski definition) is 1. The summed E-state index contributed by atoms with van der Waals surface area (Å²) >= 11 is 1.36. The van der Waals surface area contributed by atoms with E-state index in [1.54, 1.807) is 24.3 Å². The Morgan fingerprint density at radius 3 is 2.36 bits per heavy atom. The molecule has 14 heavy (non-hydrogen) atoms. The molecule has 0 unspecified atom stereocenters. The van der Waals surface area contributed by atoms with Gasteiger partial charge < -0.3 is 5.11 Å². The van der Waals surface area contributed by atoms with Gasteiger partial charge in [-0.25, -0.2) is 8.78 Å². The molecular formula is C10H12F2OS. The van der Waals surface area contributed by atoms with Crippen molar-refractivity contribution in [3.05, 3.63) is 24.3 Å². The van der Waals surface area contributed by atoms with Gasteiger partial charge in [0.2, 0.25) is 5.92 Å². The Bertz CT molecular complexity index is 279. The van der Waals surface area contributed by atoms with E-state index in [9.17, 15) is 8.78 Å². The third kappa shape index (κ3) is 4.46. The van der Waals surface area contributed by atoms with Gasteiger partial charge in [-0.1, -0.05) is 0 Å². The fourth-order valence-electron chi connectivity index (χ4n) is 0.890. The Morgan fingerprint density at radius 2 is 1.86 bits per heavy atom. The maximum atomic E-state index is 12.4. The van der Waals surface area contributed by atoms with E-state index in [2.05, 4.69) is 0 Å². The molecule has 78 valence electrons. The molecule has 0 amide bonds. The Kier molecular flexibility index (Phi) is 3.75. The highest BCUT2D eigenvalue weighted by molar-refractivity contribution is 7.99. The minimum Gasteiger partial charge on any atom is -0.508 e. The minimum atomic E-state index is -2.59. The monoisotopic (exact) mass is 218 g/mol. The standard InChI is InChI=1S/C10H12F2OS/c1-10(11,12)6-7-14-9-4-2-8(13)3-5-9/h2-5,13H,6-7H2,1H3. The van der Waals surface area contributed by atoms with Gasteiger partial charge in [0.1, 0.15) is 5.75 Å². The lowest BCUT2D eigenvalue weighted by Crippen LogP contribution is -2.10. The first-order valence-corrected chi connectivity index (χ1v) is 5.25. The Labute approximate surface area is 86.1 Å². The number of rotatable bonds is 4. The summed E-state index contributed by atoms with van der Waals surface area (Å²) in [6, 6.07) is 6.53. The molecule has 0 saturated carbocycles. The van der Waals surface area contributed by atoms with Crippen molar-refractivity contribution in [3.63, 3.8) is 0 Å². The molecule has 1 N–H and O–H groups in total. The van der Waals surface area contributed by atoms with E-state index in [-0.39, 0.29) is 12.2 Å². The van der Waals surface area contributed by atoms with Crippen molar-refractivity contribution in [2.24, 2.45) is 0 Å². The molecule has 1 aromatic carbocycles. The van der Waals surface area contributed by atoms with Crippen LogP contribution in [0.25, 0.3) is 0 Å². The van der Waals surface area contributed by atoms with E-state index in [1.807, 2.05) is 0 Å². The first kappa shape index (κ1) is 11.3. The largest absolute Gasteiger partial charge is 0.508 e. The van der Waals surface area contributed by atoms with Gasteiger partial charge in [-0.3, -0.25) is 0 Å². The van der Waals surface area contributed by atoms with Crippen molar-refractivity contribution in [2.75, 3.05) is 5.75 Å². The predicted molar refractivity (Wildman–Crippen MR) is 54.1 cm³/mol. The molecule has 0 aliphatic heterocycles. The minimum absolute atomic E-state index is 0.126. The van der Waals surface area contributed by atoms with E-state index in [0.29, 0.717) is 5.75 Å². The van der Waals surface area contributed by atoms with Crippen molar-refractivity contribution in [1.29, 1.82) is 0 Å². The molecule has 0 spiro atoms. The number of benzene rings is 1. The molecule has 0 heterocycles. The zero-order valence-corrected chi connectivity index (χ0v) is 8.65. The molecular weight excluding hydrogens is 206 g/mol. The molecule has 4 heteroatoms. The second kappa shape index (κ2) is 4.64. The summed E-state index contributed by atoms with van der Waals surface area (Å²) in [7, 11) is 0. The first-order chi connectivity index (χ1) is 6.47. The van der Waals surface area contributed by atoms with Crippen LogP contribution in [-0.4, -0.2) is 16.8 Å². The Balaban J connectivity index is 2.35. The summed E-state index contributed by atoms with van der Waals surface area (Å²) in [5.74, 6) is -2.02. The summed E-state index contributed by atoms with van der Waals surface area (Å²) in [5.41, 5.74) is 0. The molecule has 0 aliphatic carbocycles. The zero-order chi connectivity index (χ0) is 10.6. The van der Waals surface area contributed by atoms with Gasteiger partial charge in [-0.2, -0.15) is 0 Å². The van der Waals surface area contributed by atoms with Gasteiger partial charge in [0.25, 0.3) is 0 Å². The fourth-order valence-corrected chi connectivity index (χ4v) is 1.92. The van der Waals surface area contributed by atoms with Crippen LogP contribution >= 0.6 is 11.8 Å². The lowest BCUT2D eigenvalue weighted by molar-refractivity contribution is 0.0194. The van der Waals surface area contributed by atoms with Crippen LogP contribution in [0, 0.1) is 0 Å². The van der Waals surface area contributed by atoms with Crippen LogP contribution in [0.3, 0.4) is 0 Å². The van der Waals surface area contributed by atoms with Crippen molar-refractivity contribution < 1.29 is 13.9 Å². The zero-order valence-electron chi connectivity index (χ0n) is 7.84. The summed E-state index contributed by atoms with van der Waals surface area (Å²) in [6.45, 7) is 0.921. The maximum Gasteiger partial charge on any atom is 0.246 e. The summed E-state index contributed by atoms with van der Waals surface area (Å²) in [6.07, 6.45) is -0.126. The Morgan fingerprint density at radius 1 is 1.29 bits per heavy atom. The molecule has 0 atom stereocenters. The van der Waals surface area contributed by atoms with Crippen LogP contribution < -0.4 is 0 Å². The summed E-state index contributed by atoms with van der Waals surface area (Å²) in [5, 5.41) is 8.98. The molecule has 1 rings (SSSR count). The molecule has 0 saturated heterocycles. The first-order valence-electron chi connectivity index (χ1n) is 4.27. The fraction of sp³-hybridized carbons (Fsp3) is 0.400. The average molecular weight is 218 g/mol. The van der Waals surface area contributed by atoms with Gasteiger partial charge in [0, 0.05) is 17.1 Å². The van der Waals surface area contributed by atoms with E-state index in [0.717, 1.165) is 11.8 Å². The third-order valence-electron chi connectivity index (χ3n) is 1.65. The lowest BCUT2D eigenvalue weighted by atomic mass is 10.3. The number of hydrogen-bond acceptors (Lipinski definition) is 2. The van der Waals surface area contributed by atoms with Crippen molar-refractivity contribution >= 4 is 11.8 Å². The SMILES string of the molecule is CC(F)(F)CCSc1ccc(O)cc1. The van der Waals surface area contributed by atoms with Gasteiger partial charge in [0.15, 0.2) is 0 Å². The van der Waals surface area contributed by atoms with Crippen molar-refractivity contribution in [1.82, 2.24) is 0 Å². The van der Waals surface area contributed by atoms with E-state index < -0.39 is 5.92 Å². The van der Waals surface area contributed by atoms with Crippen molar-refractivity contribution in [3.8, 4) is 5.75 Å². The molecule has 0 aliphatic rings. The number of phenols is 1. The van der Waals surface area contributed by atoms with Gasteiger partial charge >= 0.3 is 0 Å². The molecule has 0 radical (unpaired) electrons. The maximum absolute atomic E-state index is 12.4. The molecule has 0 aromatic heterocycles. The average Bonchev–Trinajstić information content (AvgIpc) is 2.06. The highest BCUT2D eigenvalue weighted by Gasteiger charge is 2.19. The smallest absolute Gasteiger partial charge is 0.246 e. The third-order valence-corrected chi connectivity index (χ3v) is 2.66. The lowest BCUT2D eigenvalue weighted by Gasteiger charge is -2.08. The van der Waals surface area contributed by atoms with Crippen molar-refractivity contribution in [2.45, 2.75) is 24.2 Å². The van der Waals surface area contributed by atoms with Crippen LogP contribution in [0.4, 0.5) is 8.78 Å². The number of phenolic OH excluding ortho intramolecular Hbond substituents is 1. The highest BCUT2D eigenvalue weighted by Crippen LogP contribution is 2.25. The molecule has 1 nitrogen and oxygen atoms in total. The molecule has 0 bridgehead atoms. The van der Waals surface area contributed by atoms with E-state index in [4.69, 9.17) is 5.11 Å². The van der Waals surface area contributed by atoms with Gasteiger partial charge in [0.05, 0.1) is 0 Å². The second-order valence-electron chi connectivity index (χ2n) is 3.16. The van der Waals surface area contributed by atoms with E-state index in [1.165, 1.54) is 11.8 Å². The number of halogens is 2. The number of thioether (sulfide) groups is 1. The van der Waals surface area contributed by atoms with Crippen LogP contribution in [0.5, 0.6) is 5.75 Å². The second-order valence-corrected chi connectivity index (χ2v) is 4.33. The van der Waals surface area contributed by atoms with Crippen LogP contribution in [0.1, 0.15) is 13.3 Å². The van der Waals surface area contributed by atoms with Crippen LogP contribution in [-0.2, 0) is 0 Å². The Hall–Kier alpha value is -0.770. The highest BCUT2D eigenvalue weighted by atomic mass is 32.2. The van der Waals surface area contributed by atoms with Gasteiger partial charge in [-0.15, -0.1) is 11.8 Å². The topological polar surface area (TPSA) is 20.2 Å². The van der Waals surface area contributed by atoms with E-state index >= 15 is 0 Å². The van der Waals surface area contributed by atoms with Gasteiger partial charge in [-0.05, 0) is 31.2 Å². The normalized spacial score (nSPS) is 11.6. The summed E-state index contributed by atoms with van der Waals surface area (Å²) in [4.78, 5) is 0.895. The quantitative estimate of drug-likeness (QED) is 0.780. The summed E-state index contributed by atoms with van der Waals surface area (Å²) < 4.78 is 24.9. The van der Waals surface area contributed by atoms with Crippen LogP contribution in [0.15, 0.2) is 29.2 Å². The molecule has 1 aromatic rings. The predicted octanol–water partition coefficient (Wildman–Crippen LogP) is 3.53. The number of aromatic hydroxyl groups is 1.